The van der Waals surface area contributed by atoms with Gasteiger partial charge in [-0.3, -0.25) is 0 Å². The number of rotatable bonds is 8. The SMILES string of the molecule is c1ccc(-c2ccc(N(c3ccc(-c4cc5ccccc5c5ccccc45)cc3)c3ccc(-c4cccc(-n5c6ccccc6c6ccccc65)c4)c4oc5ccccc5c34)c(-c3ccccc3)c2)cc1. The minimum atomic E-state index is 0.842. The molecule has 0 aliphatic carbocycles. The Morgan fingerprint density at radius 2 is 0.873 bits per heavy atom. The van der Waals surface area contributed by atoms with E-state index in [0.717, 1.165) is 78.1 Å². The van der Waals surface area contributed by atoms with Gasteiger partial charge in [0.2, 0.25) is 0 Å². The minimum Gasteiger partial charge on any atom is -0.455 e. The van der Waals surface area contributed by atoms with Crippen molar-refractivity contribution in [2.45, 2.75) is 0 Å². The number of hydrogen-bond acceptors (Lipinski definition) is 2. The maximum absolute atomic E-state index is 7.08. The van der Waals surface area contributed by atoms with E-state index in [4.69, 9.17) is 4.42 Å². The molecule has 2 aromatic heterocycles. The first kappa shape index (κ1) is 40.6. The van der Waals surface area contributed by atoms with Crippen LogP contribution in [0.25, 0.3) is 115 Å². The molecule has 0 unspecified atom stereocenters. The van der Waals surface area contributed by atoms with Crippen LogP contribution < -0.4 is 4.90 Å². The standard InChI is InChI=1S/C68H44N2O/c1-3-18-45(19-4-1)48-36-40-64(61(43-48)46-20-5-2-6-21-46)69(51-37-34-47(35-38-51)60-44-50-22-7-8-25-53(50)55-26-9-10-27-56(55)60)65-41-39-54(68-67(65)59-30-13-16-33-66(59)71-68)49-23-17-24-52(42-49)70-62-31-14-11-28-57(62)58-29-12-15-32-63(58)70/h1-44H. The smallest absolute Gasteiger partial charge is 0.145 e. The molecule has 0 N–H and O–H groups in total. The molecule has 3 heteroatoms. The predicted octanol–water partition coefficient (Wildman–Crippen LogP) is 19.1. The first-order chi connectivity index (χ1) is 35.2. The summed E-state index contributed by atoms with van der Waals surface area (Å²) in [6.45, 7) is 0. The van der Waals surface area contributed by atoms with Crippen molar-refractivity contribution in [1.29, 1.82) is 0 Å². The molecule has 0 aliphatic heterocycles. The topological polar surface area (TPSA) is 21.3 Å². The Balaban J connectivity index is 1.00. The van der Waals surface area contributed by atoms with E-state index in [1.807, 2.05) is 0 Å². The molecule has 0 spiro atoms. The lowest BCUT2D eigenvalue weighted by molar-refractivity contribution is 0.670. The number of furan rings is 1. The lowest BCUT2D eigenvalue weighted by Gasteiger charge is -2.29. The second-order valence-corrected chi connectivity index (χ2v) is 18.4. The fourth-order valence-corrected chi connectivity index (χ4v) is 11.1. The highest BCUT2D eigenvalue weighted by atomic mass is 16.3. The van der Waals surface area contributed by atoms with Crippen molar-refractivity contribution in [2.24, 2.45) is 0 Å². The van der Waals surface area contributed by atoms with Crippen LogP contribution in [0.1, 0.15) is 0 Å². The van der Waals surface area contributed by atoms with Gasteiger partial charge in [0.25, 0.3) is 0 Å². The first-order valence-corrected chi connectivity index (χ1v) is 24.3. The molecule has 0 radical (unpaired) electrons. The fraction of sp³-hybridized carbons (Fsp3) is 0. The number of aromatic nitrogens is 1. The molecule has 3 nitrogen and oxygen atoms in total. The van der Waals surface area contributed by atoms with Crippen LogP contribution in [-0.2, 0) is 0 Å². The third kappa shape index (κ3) is 6.74. The summed E-state index contributed by atoms with van der Waals surface area (Å²) < 4.78 is 9.47. The van der Waals surface area contributed by atoms with Crippen molar-refractivity contribution >= 4 is 82.4 Å². The van der Waals surface area contributed by atoms with Crippen LogP contribution >= 0.6 is 0 Å². The molecule has 0 amide bonds. The van der Waals surface area contributed by atoms with Crippen LogP contribution in [0.5, 0.6) is 0 Å². The van der Waals surface area contributed by atoms with Crippen molar-refractivity contribution < 1.29 is 4.42 Å². The summed E-state index contributed by atoms with van der Waals surface area (Å²) >= 11 is 0. The van der Waals surface area contributed by atoms with E-state index in [9.17, 15) is 0 Å². The average Bonchev–Trinajstić information content (AvgIpc) is 4.01. The highest BCUT2D eigenvalue weighted by molar-refractivity contribution is 6.18. The third-order valence-electron chi connectivity index (χ3n) is 14.4. The average molecular weight is 905 g/mol. The molecule has 0 saturated heterocycles. The first-order valence-electron chi connectivity index (χ1n) is 24.3. The Bertz CT molecular complexity index is 4280. The minimum absolute atomic E-state index is 0.842. The van der Waals surface area contributed by atoms with Gasteiger partial charge in [0.15, 0.2) is 0 Å². The van der Waals surface area contributed by atoms with Crippen LogP contribution in [-0.4, -0.2) is 4.57 Å². The van der Waals surface area contributed by atoms with Crippen LogP contribution in [0.15, 0.2) is 271 Å². The van der Waals surface area contributed by atoms with Gasteiger partial charge in [0.05, 0.1) is 27.8 Å². The number of para-hydroxylation sites is 3. The van der Waals surface area contributed by atoms with Gasteiger partial charge in [-0.2, -0.15) is 0 Å². The molecular formula is C68H44N2O. The molecule has 0 aliphatic rings. The zero-order valence-corrected chi connectivity index (χ0v) is 38.7. The summed E-state index contributed by atoms with van der Waals surface area (Å²) in [4.78, 5) is 2.45. The van der Waals surface area contributed by atoms with E-state index in [1.165, 1.54) is 54.5 Å². The van der Waals surface area contributed by atoms with Crippen molar-refractivity contribution in [3.05, 3.63) is 267 Å². The molecule has 0 atom stereocenters. The van der Waals surface area contributed by atoms with E-state index in [1.54, 1.807) is 0 Å². The van der Waals surface area contributed by atoms with Gasteiger partial charge in [-0.15, -0.1) is 0 Å². The molecule has 2 heterocycles. The zero-order valence-electron chi connectivity index (χ0n) is 38.7. The van der Waals surface area contributed by atoms with Crippen LogP contribution in [0, 0.1) is 0 Å². The van der Waals surface area contributed by atoms with Gasteiger partial charge in [-0.25, -0.2) is 0 Å². The summed E-state index contributed by atoms with van der Waals surface area (Å²) in [5, 5.41) is 9.58. The van der Waals surface area contributed by atoms with E-state index < -0.39 is 0 Å². The largest absolute Gasteiger partial charge is 0.455 e. The normalized spacial score (nSPS) is 11.7. The highest BCUT2D eigenvalue weighted by Crippen LogP contribution is 2.50. The molecule has 0 fully saturated rings. The number of benzene rings is 12. The monoisotopic (exact) mass is 904 g/mol. The lowest BCUT2D eigenvalue weighted by atomic mass is 9.93. The molecule has 0 bridgehead atoms. The molecular weight excluding hydrogens is 861 g/mol. The maximum atomic E-state index is 7.08. The summed E-state index contributed by atoms with van der Waals surface area (Å²) in [5.41, 5.74) is 17.3. The van der Waals surface area contributed by atoms with Gasteiger partial charge < -0.3 is 13.9 Å². The van der Waals surface area contributed by atoms with Gasteiger partial charge in [0, 0.05) is 38.7 Å². The number of nitrogens with zero attached hydrogens (tertiary/aromatic N) is 2. The molecule has 0 saturated carbocycles. The second kappa shape index (κ2) is 16.7. The Morgan fingerprint density at radius 1 is 0.310 bits per heavy atom. The van der Waals surface area contributed by atoms with Gasteiger partial charge in [-0.05, 0) is 128 Å². The van der Waals surface area contributed by atoms with E-state index in [2.05, 4.69) is 276 Å². The van der Waals surface area contributed by atoms with Crippen LogP contribution in [0.2, 0.25) is 0 Å². The number of fused-ring (bicyclic) bond motifs is 9. The van der Waals surface area contributed by atoms with Gasteiger partial charge in [0.1, 0.15) is 11.2 Å². The number of anilines is 3. The molecule has 332 valence electrons. The highest BCUT2D eigenvalue weighted by Gasteiger charge is 2.25. The lowest BCUT2D eigenvalue weighted by Crippen LogP contribution is -2.12. The summed E-state index contributed by atoms with van der Waals surface area (Å²) in [6, 6.07) is 96.7. The van der Waals surface area contributed by atoms with Crippen LogP contribution in [0.3, 0.4) is 0 Å². The zero-order chi connectivity index (χ0) is 46.8. The maximum Gasteiger partial charge on any atom is 0.145 e. The fourth-order valence-electron chi connectivity index (χ4n) is 11.1. The molecule has 12 aromatic carbocycles. The Kier molecular flexibility index (Phi) is 9.53. The van der Waals surface area contributed by atoms with E-state index in [0.29, 0.717) is 0 Å². The molecule has 14 aromatic rings. The Hall–Kier alpha value is -9.44. The van der Waals surface area contributed by atoms with E-state index in [-0.39, 0.29) is 0 Å². The number of hydrogen-bond donors (Lipinski definition) is 0. The third-order valence-corrected chi connectivity index (χ3v) is 14.4. The Labute approximate surface area is 411 Å². The molecule has 14 rings (SSSR count). The van der Waals surface area contributed by atoms with Crippen molar-refractivity contribution in [2.75, 3.05) is 4.90 Å². The second-order valence-electron chi connectivity index (χ2n) is 18.4. The summed E-state index contributed by atoms with van der Waals surface area (Å²) in [6.07, 6.45) is 0. The van der Waals surface area contributed by atoms with Crippen molar-refractivity contribution in [3.63, 3.8) is 0 Å². The quantitative estimate of drug-likeness (QED) is 0.142. The summed E-state index contributed by atoms with van der Waals surface area (Å²) in [5.74, 6) is 0. The predicted molar refractivity (Wildman–Crippen MR) is 299 cm³/mol. The van der Waals surface area contributed by atoms with Gasteiger partial charge >= 0.3 is 0 Å². The van der Waals surface area contributed by atoms with E-state index >= 15 is 0 Å². The van der Waals surface area contributed by atoms with Gasteiger partial charge in [-0.1, -0.05) is 194 Å². The van der Waals surface area contributed by atoms with Crippen LogP contribution in [0.4, 0.5) is 17.1 Å². The molecule has 71 heavy (non-hydrogen) atoms. The Morgan fingerprint density at radius 3 is 1.62 bits per heavy atom. The van der Waals surface area contributed by atoms with Crippen molar-refractivity contribution in [1.82, 2.24) is 4.57 Å². The van der Waals surface area contributed by atoms with Crippen molar-refractivity contribution in [3.8, 4) is 50.2 Å². The summed E-state index contributed by atoms with van der Waals surface area (Å²) in [7, 11) is 0.